The number of benzene rings is 2. The summed E-state index contributed by atoms with van der Waals surface area (Å²) in [6, 6.07) is 18.4. The molecule has 6 saturated carbocycles. The zero-order chi connectivity index (χ0) is 40.5. The summed E-state index contributed by atoms with van der Waals surface area (Å²) in [5, 5.41) is 27.4. The van der Waals surface area contributed by atoms with Crippen LogP contribution in [0.25, 0.3) is 16.7 Å². The van der Waals surface area contributed by atoms with E-state index in [9.17, 15) is 23.6 Å². The van der Waals surface area contributed by atoms with Gasteiger partial charge in [0.05, 0.1) is 42.1 Å². The van der Waals surface area contributed by atoms with E-state index in [0.717, 1.165) is 67.0 Å². The molecule has 6 aliphatic carbocycles. The third kappa shape index (κ3) is 5.08. The van der Waals surface area contributed by atoms with Gasteiger partial charge in [-0.15, -0.1) is 4.52 Å². The molecule has 4 aromatic heterocycles. The Balaban J connectivity index is 0.784. The summed E-state index contributed by atoms with van der Waals surface area (Å²) in [6.07, 6.45) is 18.0. The lowest BCUT2D eigenvalue weighted by Gasteiger charge is -2.69. The Morgan fingerprint density at radius 2 is 1.73 bits per heavy atom. The number of nitrogens with zero attached hydrogens (tertiary/aromatic N) is 11. The molecule has 15 heteroatoms. The van der Waals surface area contributed by atoms with Gasteiger partial charge in [-0.25, -0.2) is 28.0 Å². The first-order valence-electron chi connectivity index (χ1n) is 20.7. The highest BCUT2D eigenvalue weighted by Crippen LogP contribution is 2.75. The van der Waals surface area contributed by atoms with E-state index in [1.807, 2.05) is 81.1 Å². The van der Waals surface area contributed by atoms with Crippen molar-refractivity contribution in [3.05, 3.63) is 120 Å². The van der Waals surface area contributed by atoms with Gasteiger partial charge in [-0.2, -0.15) is 20.6 Å². The van der Waals surface area contributed by atoms with E-state index in [1.165, 1.54) is 17.1 Å². The fraction of sp³-hybridized carbons (Fsp3) is 0.378. The van der Waals surface area contributed by atoms with Gasteiger partial charge in [0.1, 0.15) is 41.5 Å². The van der Waals surface area contributed by atoms with Gasteiger partial charge in [0, 0.05) is 42.8 Å². The molecule has 6 fully saturated rings. The Bertz CT molecular complexity index is 2840. The number of carbonyl (C=O) groups excluding carboxylic acids is 2. The second-order valence-corrected chi connectivity index (χ2v) is 18.3. The van der Waals surface area contributed by atoms with Crippen LogP contribution in [0.15, 0.2) is 102 Å². The van der Waals surface area contributed by atoms with Crippen LogP contribution in [0.4, 0.5) is 8.78 Å². The number of amides is 2. The number of hydrogen-bond donors (Lipinski definition) is 0. The van der Waals surface area contributed by atoms with Crippen LogP contribution in [0.1, 0.15) is 79.8 Å². The number of pyridine rings is 1. The lowest BCUT2D eigenvalue weighted by atomic mass is 9.34. The van der Waals surface area contributed by atoms with Gasteiger partial charge in [0.15, 0.2) is 11.8 Å². The number of carbonyl (C=O) groups is 2. The minimum absolute atomic E-state index is 0.0310. The van der Waals surface area contributed by atoms with Gasteiger partial charge in [0.25, 0.3) is 0 Å². The molecule has 6 aromatic rings. The summed E-state index contributed by atoms with van der Waals surface area (Å²) in [4.78, 5) is 33.0. The first-order chi connectivity index (χ1) is 29.1. The molecule has 4 unspecified atom stereocenters. The summed E-state index contributed by atoms with van der Waals surface area (Å²) in [6.45, 7) is 1.38. The van der Waals surface area contributed by atoms with Crippen molar-refractivity contribution in [3.8, 4) is 6.07 Å². The summed E-state index contributed by atoms with van der Waals surface area (Å²) in [5.41, 5.74) is 3.91. The van der Waals surface area contributed by atoms with Crippen LogP contribution in [0.5, 0.6) is 0 Å². The molecule has 8 aliphatic rings. The third-order valence-electron chi connectivity index (χ3n) is 14.6. The average Bonchev–Trinajstić information content (AvgIpc) is 4.07. The van der Waals surface area contributed by atoms with Crippen molar-refractivity contribution < 1.29 is 22.9 Å². The summed E-state index contributed by atoms with van der Waals surface area (Å²) < 4.78 is 36.4. The van der Waals surface area contributed by atoms with E-state index in [1.54, 1.807) is 23.6 Å². The number of halogens is 2. The maximum absolute atomic E-state index is 14.6. The van der Waals surface area contributed by atoms with E-state index < -0.39 is 29.1 Å². The second-order valence-electron chi connectivity index (χ2n) is 18.3. The monoisotopic (exact) mass is 804 g/mol. The molecule has 0 saturated heterocycles. The molecule has 0 radical (unpaired) electrons. The highest BCUT2D eigenvalue weighted by Gasteiger charge is 2.73. The molecule has 300 valence electrons. The molecular weight excluding hydrogens is 765 g/mol. The zero-order valence-electron chi connectivity index (χ0n) is 32.6. The van der Waals surface area contributed by atoms with Crippen molar-refractivity contribution in [3.63, 3.8) is 0 Å². The summed E-state index contributed by atoms with van der Waals surface area (Å²) >= 11 is 0. The Morgan fingerprint density at radius 1 is 0.933 bits per heavy atom. The topological polar surface area (TPSA) is 133 Å². The average molecular weight is 805 g/mol. The lowest BCUT2D eigenvalue weighted by Crippen LogP contribution is -2.69. The fourth-order valence-corrected chi connectivity index (χ4v) is 12.2. The number of nitriles is 1. The molecule has 2 aromatic carbocycles. The van der Waals surface area contributed by atoms with Gasteiger partial charge >= 0.3 is 5.65 Å². The minimum Gasteiger partial charge on any atom is -0.273 e. The molecule has 4 atom stereocenters. The van der Waals surface area contributed by atoms with E-state index in [-0.39, 0.29) is 40.5 Å². The van der Waals surface area contributed by atoms with E-state index >= 15 is 0 Å². The lowest BCUT2D eigenvalue weighted by molar-refractivity contribution is -0.686. The van der Waals surface area contributed by atoms with Crippen molar-refractivity contribution in [2.75, 3.05) is 0 Å². The van der Waals surface area contributed by atoms with Crippen LogP contribution >= 0.6 is 0 Å². The van der Waals surface area contributed by atoms with Gasteiger partial charge in [-0.3, -0.25) is 19.3 Å². The Morgan fingerprint density at radius 3 is 2.52 bits per heavy atom. The number of hydrogen-bond acceptors (Lipinski definition) is 7. The summed E-state index contributed by atoms with van der Waals surface area (Å²) in [7, 11) is 0. The van der Waals surface area contributed by atoms with Gasteiger partial charge in [-0.05, 0) is 85.3 Å². The quantitative estimate of drug-likeness (QED) is 0.159. The predicted molar refractivity (Wildman–Crippen MR) is 212 cm³/mol. The maximum Gasteiger partial charge on any atom is 0.325 e. The van der Waals surface area contributed by atoms with E-state index in [2.05, 4.69) is 25.8 Å². The predicted octanol–water partition coefficient (Wildman–Crippen LogP) is 6.28. The normalized spacial score (nSPS) is 30.8. The van der Waals surface area contributed by atoms with Crippen LogP contribution in [0.3, 0.4) is 0 Å². The Hall–Kier alpha value is -6.56. The highest BCUT2D eigenvalue weighted by molar-refractivity contribution is 5.89. The molecule has 0 N–H and O–H groups in total. The van der Waals surface area contributed by atoms with Crippen LogP contribution in [0, 0.1) is 51.0 Å². The van der Waals surface area contributed by atoms with Crippen LogP contribution in [0.2, 0.25) is 0 Å². The third-order valence-corrected chi connectivity index (χ3v) is 14.6. The molecule has 2 amide bonds. The zero-order valence-corrected chi connectivity index (χ0v) is 32.6. The second kappa shape index (κ2) is 12.5. The van der Waals surface area contributed by atoms with Crippen molar-refractivity contribution >= 4 is 40.9 Å². The van der Waals surface area contributed by atoms with Gasteiger partial charge in [0.2, 0.25) is 11.8 Å². The number of fused-ring (bicyclic) bond motifs is 3. The first-order valence-corrected chi connectivity index (χ1v) is 20.7. The first kappa shape index (κ1) is 35.4. The van der Waals surface area contributed by atoms with E-state index in [0.29, 0.717) is 30.5 Å². The highest BCUT2D eigenvalue weighted by atomic mass is 19.1. The maximum atomic E-state index is 14.6. The number of imidazole rings is 1. The number of aromatic nitrogens is 6. The smallest absolute Gasteiger partial charge is 0.273 e. The SMILES string of the molecule is N#Cc1cn(C2C=NN(C(=O)C34CC(Cn5ncc6ncccc65)(C3)C4)C2c2ccccc2)n2cc[n+](CC34CC(C3)C(C(=O)N3N=CCC3c3cc(F)cc(F)c3)C4)c12. The molecule has 0 spiro atoms. The van der Waals surface area contributed by atoms with Crippen LogP contribution in [-0.4, -0.2) is 58.2 Å². The molecule has 2 aliphatic heterocycles. The molecule has 60 heavy (non-hydrogen) atoms. The number of rotatable bonds is 9. The Labute approximate surface area is 342 Å². The van der Waals surface area contributed by atoms with Crippen molar-refractivity contribution in [2.24, 2.45) is 38.3 Å². The largest absolute Gasteiger partial charge is 0.325 e. The summed E-state index contributed by atoms with van der Waals surface area (Å²) in [5.74, 6) is -1.48. The van der Waals surface area contributed by atoms with Gasteiger partial charge < -0.3 is 0 Å². The van der Waals surface area contributed by atoms with Crippen molar-refractivity contribution in [1.29, 1.82) is 5.26 Å². The standard InChI is InChI=1S/C45H40F2N11O2/c46-32-13-29(14-33(47)15-32)36-8-10-50-57(36)41(59)34-18-43(16-30(34)17-43)26-53-11-12-55-40(53)31(19-48)22-56(55)38-21-52-58(39(38)28-5-2-1-3-6-28)42(60)45-23-44(24-45,25-45)27-54-37-7-4-9-49-35(37)20-51-54/h1-7,9-15,20-22,30,34,36,38-39H,8,16-18,23-27H2/q+1. The molecule has 13 nitrogen and oxygen atoms in total. The van der Waals surface area contributed by atoms with Crippen molar-refractivity contribution in [1.82, 2.24) is 34.0 Å². The van der Waals surface area contributed by atoms with E-state index in [4.69, 9.17) is 5.10 Å². The fourth-order valence-electron chi connectivity index (χ4n) is 12.2. The Kier molecular flexibility index (Phi) is 7.36. The number of hydrazone groups is 2. The molecule has 6 heterocycles. The van der Waals surface area contributed by atoms with Crippen molar-refractivity contribution in [2.45, 2.75) is 76.2 Å². The molecule has 4 bridgehead atoms. The molecular formula is C45H40F2N11O2+. The van der Waals surface area contributed by atoms with Crippen LogP contribution in [-0.2, 0) is 22.7 Å². The van der Waals surface area contributed by atoms with Gasteiger partial charge in [-0.1, -0.05) is 30.3 Å². The van der Waals surface area contributed by atoms with Crippen LogP contribution < -0.4 is 4.57 Å². The molecule has 14 rings (SSSR count). The minimum atomic E-state index is -0.678.